The topological polar surface area (TPSA) is 127 Å². The number of nitro groups is 1. The third kappa shape index (κ3) is 3.67. The first kappa shape index (κ1) is 15.4. The molecule has 0 aliphatic rings. The quantitative estimate of drug-likeness (QED) is 0.457. The summed E-state index contributed by atoms with van der Waals surface area (Å²) < 4.78 is 0. The summed E-state index contributed by atoms with van der Waals surface area (Å²) in [6, 6.07) is 3.66. The van der Waals surface area contributed by atoms with Crippen molar-refractivity contribution in [3.63, 3.8) is 0 Å². The van der Waals surface area contributed by atoms with Gasteiger partial charge in [-0.05, 0) is 18.6 Å². The second kappa shape index (κ2) is 6.50. The molecule has 0 unspecified atom stereocenters. The summed E-state index contributed by atoms with van der Waals surface area (Å²) in [6.07, 6.45) is 0.579. The molecule has 20 heavy (non-hydrogen) atoms. The number of carbonyl (C=O) groups excluding carboxylic acids is 1. The number of nitrogens with two attached hydrogens (primary N) is 1. The number of hydrogen-bond donors (Lipinski definition) is 2. The van der Waals surface area contributed by atoms with Crippen molar-refractivity contribution >= 4 is 23.3 Å². The Kier molecular flexibility index (Phi) is 5.01. The summed E-state index contributed by atoms with van der Waals surface area (Å²) in [4.78, 5) is 34.1. The zero-order valence-corrected chi connectivity index (χ0v) is 10.9. The first-order valence-corrected chi connectivity index (χ1v) is 5.91. The Morgan fingerprint density at radius 1 is 1.45 bits per heavy atom. The van der Waals surface area contributed by atoms with Crippen LogP contribution in [0, 0.1) is 10.1 Å². The van der Waals surface area contributed by atoms with Gasteiger partial charge in [0.15, 0.2) is 0 Å². The molecule has 108 valence electrons. The minimum Gasteiger partial charge on any atom is -0.480 e. The van der Waals surface area contributed by atoms with Gasteiger partial charge >= 0.3 is 5.97 Å². The average molecular weight is 281 g/mol. The average Bonchev–Trinajstić information content (AvgIpc) is 2.37. The number of nitrogens with zero attached hydrogens (tertiary/aromatic N) is 2. The van der Waals surface area contributed by atoms with Crippen LogP contribution >= 0.6 is 0 Å². The molecule has 1 rings (SSSR count). The number of anilines is 1. The molecule has 0 saturated carbocycles. The number of hydrogen-bond acceptors (Lipinski definition) is 5. The lowest BCUT2D eigenvalue weighted by Crippen LogP contribution is -2.36. The Hall–Kier alpha value is -2.64. The summed E-state index contributed by atoms with van der Waals surface area (Å²) in [5, 5.41) is 19.5. The third-order valence-electron chi connectivity index (χ3n) is 2.58. The van der Waals surface area contributed by atoms with Gasteiger partial charge in [-0.15, -0.1) is 0 Å². The molecule has 0 aliphatic heterocycles. The largest absolute Gasteiger partial charge is 0.480 e. The third-order valence-corrected chi connectivity index (χ3v) is 2.58. The molecule has 0 aromatic heterocycles. The molecule has 0 fully saturated rings. The number of nitrogen functional groups attached to an aromatic ring is 1. The van der Waals surface area contributed by atoms with E-state index in [0.29, 0.717) is 6.42 Å². The lowest BCUT2D eigenvalue weighted by molar-refractivity contribution is -0.383. The second-order valence-corrected chi connectivity index (χ2v) is 4.15. The molecule has 1 aromatic rings. The second-order valence-electron chi connectivity index (χ2n) is 4.15. The Balaban J connectivity index is 3.08. The molecule has 3 N–H and O–H groups in total. The highest BCUT2D eigenvalue weighted by atomic mass is 16.6. The van der Waals surface area contributed by atoms with E-state index in [9.17, 15) is 19.7 Å². The maximum absolute atomic E-state index is 12.2. The van der Waals surface area contributed by atoms with Crippen molar-refractivity contribution in [3.8, 4) is 0 Å². The zero-order chi connectivity index (χ0) is 15.3. The predicted molar refractivity (Wildman–Crippen MR) is 71.3 cm³/mol. The molecule has 0 spiro atoms. The molecule has 0 bridgehead atoms. The van der Waals surface area contributed by atoms with Crippen molar-refractivity contribution in [2.75, 3.05) is 18.8 Å². The molecule has 0 saturated heterocycles. The van der Waals surface area contributed by atoms with E-state index in [1.54, 1.807) is 6.92 Å². The van der Waals surface area contributed by atoms with E-state index in [0.717, 1.165) is 11.0 Å². The van der Waals surface area contributed by atoms with Crippen LogP contribution in [0.3, 0.4) is 0 Å². The van der Waals surface area contributed by atoms with Gasteiger partial charge in [-0.3, -0.25) is 19.7 Å². The Morgan fingerprint density at radius 2 is 2.10 bits per heavy atom. The molecule has 1 amide bonds. The summed E-state index contributed by atoms with van der Waals surface area (Å²) >= 11 is 0. The van der Waals surface area contributed by atoms with Crippen molar-refractivity contribution in [1.82, 2.24) is 4.90 Å². The van der Waals surface area contributed by atoms with Gasteiger partial charge < -0.3 is 15.7 Å². The monoisotopic (exact) mass is 281 g/mol. The predicted octanol–water partition coefficient (Wildman–Crippen LogP) is 1.11. The van der Waals surface area contributed by atoms with E-state index in [2.05, 4.69) is 0 Å². The zero-order valence-electron chi connectivity index (χ0n) is 10.9. The highest BCUT2D eigenvalue weighted by Gasteiger charge is 2.21. The fraction of sp³-hybridized carbons (Fsp3) is 0.333. The Bertz CT molecular complexity index is 544. The van der Waals surface area contributed by atoms with Crippen LogP contribution in [0.2, 0.25) is 0 Å². The minimum atomic E-state index is -1.14. The van der Waals surface area contributed by atoms with E-state index < -0.39 is 23.3 Å². The van der Waals surface area contributed by atoms with Gasteiger partial charge in [-0.2, -0.15) is 0 Å². The Labute approximate surface area is 114 Å². The lowest BCUT2D eigenvalue weighted by atomic mass is 10.1. The fourth-order valence-corrected chi connectivity index (χ4v) is 1.70. The minimum absolute atomic E-state index is 0.0422. The van der Waals surface area contributed by atoms with Crippen LogP contribution in [0.25, 0.3) is 0 Å². The van der Waals surface area contributed by atoms with Gasteiger partial charge in [-0.1, -0.05) is 6.92 Å². The fourth-order valence-electron chi connectivity index (χ4n) is 1.70. The molecule has 0 atom stereocenters. The summed E-state index contributed by atoms with van der Waals surface area (Å²) in [5.41, 5.74) is 5.07. The first-order chi connectivity index (χ1) is 9.36. The standard InChI is InChI=1S/C12H15N3O5/c1-2-5-14(7-11(16)17)12(18)8-3-4-9(13)10(6-8)15(19)20/h3-4,6H,2,5,7,13H2,1H3,(H,16,17). The van der Waals surface area contributed by atoms with E-state index in [4.69, 9.17) is 10.8 Å². The summed E-state index contributed by atoms with van der Waals surface area (Å²) in [7, 11) is 0. The first-order valence-electron chi connectivity index (χ1n) is 5.91. The van der Waals surface area contributed by atoms with Crippen molar-refractivity contribution in [2.45, 2.75) is 13.3 Å². The van der Waals surface area contributed by atoms with E-state index in [1.807, 2.05) is 0 Å². The van der Waals surface area contributed by atoms with E-state index in [-0.39, 0.29) is 23.5 Å². The molecule has 0 aliphatic carbocycles. The van der Waals surface area contributed by atoms with Gasteiger partial charge in [0.1, 0.15) is 12.2 Å². The lowest BCUT2D eigenvalue weighted by Gasteiger charge is -2.19. The van der Waals surface area contributed by atoms with Crippen LogP contribution in [0.1, 0.15) is 23.7 Å². The maximum Gasteiger partial charge on any atom is 0.323 e. The van der Waals surface area contributed by atoms with Crippen LogP contribution in [0.5, 0.6) is 0 Å². The van der Waals surface area contributed by atoms with Crippen molar-refractivity contribution < 1.29 is 19.6 Å². The van der Waals surface area contributed by atoms with Crippen LogP contribution in [-0.4, -0.2) is 39.9 Å². The smallest absolute Gasteiger partial charge is 0.323 e. The SMILES string of the molecule is CCCN(CC(=O)O)C(=O)c1ccc(N)c([N+](=O)[O-])c1. The number of carboxylic acid groups (broad SMARTS) is 1. The number of amides is 1. The summed E-state index contributed by atoms with van der Waals surface area (Å²) in [6.45, 7) is 1.60. The number of aliphatic carboxylic acids is 1. The number of benzene rings is 1. The van der Waals surface area contributed by atoms with Gasteiger partial charge in [0.2, 0.25) is 0 Å². The van der Waals surface area contributed by atoms with Crippen molar-refractivity contribution in [1.29, 1.82) is 0 Å². The molecule has 0 radical (unpaired) electrons. The van der Waals surface area contributed by atoms with Crippen LogP contribution in [0.15, 0.2) is 18.2 Å². The molecule has 8 heteroatoms. The van der Waals surface area contributed by atoms with Crippen molar-refractivity contribution in [2.24, 2.45) is 0 Å². The highest BCUT2D eigenvalue weighted by Crippen LogP contribution is 2.23. The van der Waals surface area contributed by atoms with Crippen LogP contribution < -0.4 is 5.73 Å². The number of rotatable bonds is 6. The van der Waals surface area contributed by atoms with Gasteiger partial charge in [0.05, 0.1) is 4.92 Å². The molecular weight excluding hydrogens is 266 g/mol. The number of carboxylic acids is 1. The van der Waals surface area contributed by atoms with E-state index >= 15 is 0 Å². The highest BCUT2D eigenvalue weighted by molar-refractivity contribution is 5.97. The molecule has 8 nitrogen and oxygen atoms in total. The van der Waals surface area contributed by atoms with Crippen LogP contribution in [0.4, 0.5) is 11.4 Å². The molecule has 1 aromatic carbocycles. The van der Waals surface area contributed by atoms with Gasteiger partial charge in [0.25, 0.3) is 11.6 Å². The van der Waals surface area contributed by atoms with Crippen molar-refractivity contribution in [3.05, 3.63) is 33.9 Å². The number of carbonyl (C=O) groups is 2. The van der Waals surface area contributed by atoms with Gasteiger partial charge in [-0.25, -0.2) is 0 Å². The maximum atomic E-state index is 12.2. The molecular formula is C12H15N3O5. The Morgan fingerprint density at radius 3 is 2.60 bits per heavy atom. The summed E-state index contributed by atoms with van der Waals surface area (Å²) in [5.74, 6) is -1.71. The van der Waals surface area contributed by atoms with Gasteiger partial charge in [0, 0.05) is 18.2 Å². The van der Waals surface area contributed by atoms with E-state index in [1.165, 1.54) is 12.1 Å². The van der Waals surface area contributed by atoms with Crippen LogP contribution in [-0.2, 0) is 4.79 Å². The molecule has 0 heterocycles. The number of nitro benzene ring substituents is 1. The normalized spacial score (nSPS) is 10.1.